The maximum absolute atomic E-state index is 13.0. The van der Waals surface area contributed by atoms with E-state index in [4.69, 9.17) is 0 Å². The predicted octanol–water partition coefficient (Wildman–Crippen LogP) is 1.90. The summed E-state index contributed by atoms with van der Waals surface area (Å²) in [6.45, 7) is 2.49. The molecule has 2 aromatic rings. The summed E-state index contributed by atoms with van der Waals surface area (Å²) in [5, 5.41) is 10.5. The number of pyridine rings is 1. The third-order valence-corrected chi connectivity index (χ3v) is 5.21. The van der Waals surface area contributed by atoms with Crippen molar-refractivity contribution in [1.82, 2.24) is 9.47 Å². The monoisotopic (exact) mass is 358 g/mol. The largest absolute Gasteiger partial charge is 0.391 e. The summed E-state index contributed by atoms with van der Waals surface area (Å²) < 4.78 is 14.5. The van der Waals surface area contributed by atoms with E-state index < -0.39 is 6.10 Å². The Labute approximate surface area is 151 Å². The minimum Gasteiger partial charge on any atom is -0.391 e. The SMILES string of the molecule is Cc1ccc(C(=O)N2CC[C@H](Cc3ccc(F)cc3)[C@@H](O)C2)c(=O)n1C. The van der Waals surface area contributed by atoms with Gasteiger partial charge in [-0.1, -0.05) is 12.1 Å². The first kappa shape index (κ1) is 18.3. The van der Waals surface area contributed by atoms with Crippen LogP contribution < -0.4 is 5.56 Å². The van der Waals surface area contributed by atoms with Crippen LogP contribution in [0.2, 0.25) is 0 Å². The van der Waals surface area contributed by atoms with E-state index >= 15 is 0 Å². The Kier molecular flexibility index (Phi) is 5.23. The van der Waals surface area contributed by atoms with E-state index in [0.717, 1.165) is 11.3 Å². The number of benzene rings is 1. The van der Waals surface area contributed by atoms with Gasteiger partial charge in [0.25, 0.3) is 11.5 Å². The molecule has 1 aromatic heterocycles. The molecule has 0 aliphatic carbocycles. The van der Waals surface area contributed by atoms with E-state index in [-0.39, 0.29) is 35.3 Å². The molecule has 2 heterocycles. The van der Waals surface area contributed by atoms with Gasteiger partial charge >= 0.3 is 0 Å². The molecule has 6 heteroatoms. The van der Waals surface area contributed by atoms with Gasteiger partial charge in [0, 0.05) is 25.8 Å². The molecule has 0 bridgehead atoms. The van der Waals surface area contributed by atoms with Crippen LogP contribution in [0.4, 0.5) is 4.39 Å². The van der Waals surface area contributed by atoms with Crippen LogP contribution >= 0.6 is 0 Å². The molecule has 1 fully saturated rings. The predicted molar refractivity (Wildman–Crippen MR) is 96.5 cm³/mol. The lowest BCUT2D eigenvalue weighted by Crippen LogP contribution is -2.48. The Morgan fingerprint density at radius 1 is 1.23 bits per heavy atom. The van der Waals surface area contributed by atoms with E-state index in [1.165, 1.54) is 21.6 Å². The average Bonchev–Trinajstić information content (AvgIpc) is 2.63. The molecular formula is C20H23FN2O3. The highest BCUT2D eigenvalue weighted by Gasteiger charge is 2.31. The van der Waals surface area contributed by atoms with Crippen LogP contribution in [0.1, 0.15) is 28.0 Å². The number of amides is 1. The second-order valence-corrected chi connectivity index (χ2v) is 6.95. The van der Waals surface area contributed by atoms with Crippen molar-refractivity contribution in [3.63, 3.8) is 0 Å². The number of piperidine rings is 1. The molecule has 1 aliphatic rings. The number of aromatic nitrogens is 1. The molecule has 0 saturated carbocycles. The first-order chi connectivity index (χ1) is 12.4. The number of hydrogen-bond acceptors (Lipinski definition) is 3. The lowest BCUT2D eigenvalue weighted by atomic mass is 9.87. The fourth-order valence-corrected chi connectivity index (χ4v) is 3.39. The molecule has 26 heavy (non-hydrogen) atoms. The molecule has 5 nitrogen and oxygen atoms in total. The summed E-state index contributed by atoms with van der Waals surface area (Å²) in [6.07, 6.45) is 0.596. The lowest BCUT2D eigenvalue weighted by Gasteiger charge is -2.36. The van der Waals surface area contributed by atoms with Crippen molar-refractivity contribution in [2.75, 3.05) is 13.1 Å². The lowest BCUT2D eigenvalue weighted by molar-refractivity contribution is 0.0196. The van der Waals surface area contributed by atoms with E-state index in [2.05, 4.69) is 0 Å². The summed E-state index contributed by atoms with van der Waals surface area (Å²) in [4.78, 5) is 26.5. The quantitative estimate of drug-likeness (QED) is 0.912. The van der Waals surface area contributed by atoms with Gasteiger partial charge in [0.15, 0.2) is 0 Å². The molecule has 0 unspecified atom stereocenters. The van der Waals surface area contributed by atoms with E-state index in [1.54, 1.807) is 38.2 Å². The number of β-amino-alcohol motifs (C(OH)–C–C–N with tert-alkyl or cyclic N) is 1. The zero-order valence-electron chi connectivity index (χ0n) is 15.0. The molecule has 1 amide bonds. The van der Waals surface area contributed by atoms with Gasteiger partial charge in [-0.2, -0.15) is 0 Å². The van der Waals surface area contributed by atoms with Gasteiger partial charge in [0.05, 0.1) is 6.10 Å². The Balaban J connectivity index is 1.68. The number of rotatable bonds is 3. The molecule has 1 aromatic carbocycles. The zero-order valence-corrected chi connectivity index (χ0v) is 15.0. The van der Waals surface area contributed by atoms with Crippen LogP contribution in [-0.4, -0.2) is 39.7 Å². The highest BCUT2D eigenvalue weighted by atomic mass is 19.1. The minimum absolute atomic E-state index is 0.00496. The van der Waals surface area contributed by atoms with E-state index in [0.29, 0.717) is 19.4 Å². The summed E-state index contributed by atoms with van der Waals surface area (Å²) in [5.74, 6) is -0.621. The third-order valence-electron chi connectivity index (χ3n) is 5.21. The van der Waals surface area contributed by atoms with Gasteiger partial charge in [0.1, 0.15) is 11.4 Å². The van der Waals surface area contributed by atoms with Gasteiger partial charge in [-0.25, -0.2) is 4.39 Å². The Hall–Kier alpha value is -2.47. The number of carbonyl (C=O) groups is 1. The van der Waals surface area contributed by atoms with Gasteiger partial charge in [-0.3, -0.25) is 9.59 Å². The van der Waals surface area contributed by atoms with Gasteiger partial charge in [-0.15, -0.1) is 0 Å². The Morgan fingerprint density at radius 2 is 1.92 bits per heavy atom. The summed E-state index contributed by atoms with van der Waals surface area (Å²) in [6, 6.07) is 9.55. The smallest absolute Gasteiger partial charge is 0.263 e. The fourth-order valence-electron chi connectivity index (χ4n) is 3.39. The number of aliphatic hydroxyl groups is 1. The van der Waals surface area contributed by atoms with Crippen LogP contribution in [0.25, 0.3) is 0 Å². The standard InChI is InChI=1S/C20H23FN2O3/c1-13-3-8-17(19(25)22(13)2)20(26)23-10-9-15(18(24)12-23)11-14-4-6-16(21)7-5-14/h3-8,15,18,24H,9-12H2,1-2H3/t15-,18+/m1/s1. The molecule has 2 atom stereocenters. The molecule has 3 rings (SSSR count). The Morgan fingerprint density at radius 3 is 2.58 bits per heavy atom. The topological polar surface area (TPSA) is 62.5 Å². The Bertz CT molecular complexity index is 860. The summed E-state index contributed by atoms with van der Waals surface area (Å²) >= 11 is 0. The van der Waals surface area contributed by atoms with Crippen molar-refractivity contribution in [3.8, 4) is 0 Å². The maximum atomic E-state index is 13.0. The number of likely N-dealkylation sites (tertiary alicyclic amines) is 1. The van der Waals surface area contributed by atoms with Crippen molar-refractivity contribution in [2.24, 2.45) is 13.0 Å². The van der Waals surface area contributed by atoms with Crippen LogP contribution in [0.5, 0.6) is 0 Å². The van der Waals surface area contributed by atoms with E-state index in [9.17, 15) is 19.1 Å². The minimum atomic E-state index is -0.674. The summed E-state index contributed by atoms with van der Waals surface area (Å²) in [5.41, 5.74) is 1.55. The van der Waals surface area contributed by atoms with Gasteiger partial charge < -0.3 is 14.6 Å². The van der Waals surface area contributed by atoms with Crippen LogP contribution in [0, 0.1) is 18.7 Å². The number of aliphatic hydroxyl groups excluding tert-OH is 1. The first-order valence-corrected chi connectivity index (χ1v) is 8.75. The highest BCUT2D eigenvalue weighted by Crippen LogP contribution is 2.23. The first-order valence-electron chi connectivity index (χ1n) is 8.75. The highest BCUT2D eigenvalue weighted by molar-refractivity contribution is 5.94. The maximum Gasteiger partial charge on any atom is 0.263 e. The van der Waals surface area contributed by atoms with Crippen molar-refractivity contribution >= 4 is 5.91 Å². The number of carbonyl (C=O) groups excluding carboxylic acids is 1. The number of hydrogen-bond donors (Lipinski definition) is 1. The molecule has 1 saturated heterocycles. The van der Waals surface area contributed by atoms with E-state index in [1.807, 2.05) is 0 Å². The number of halogens is 1. The molecule has 1 N–H and O–H groups in total. The number of nitrogens with zero attached hydrogens (tertiary/aromatic N) is 2. The van der Waals surface area contributed by atoms with Gasteiger partial charge in [0.2, 0.25) is 0 Å². The van der Waals surface area contributed by atoms with Crippen LogP contribution in [0.3, 0.4) is 0 Å². The van der Waals surface area contributed by atoms with Crippen molar-refractivity contribution in [1.29, 1.82) is 0 Å². The molecule has 138 valence electrons. The molecule has 1 aliphatic heterocycles. The average molecular weight is 358 g/mol. The third kappa shape index (κ3) is 3.70. The second kappa shape index (κ2) is 7.41. The fraction of sp³-hybridized carbons (Fsp3) is 0.400. The number of aryl methyl sites for hydroxylation is 1. The zero-order chi connectivity index (χ0) is 18.8. The van der Waals surface area contributed by atoms with Crippen LogP contribution in [0.15, 0.2) is 41.2 Å². The van der Waals surface area contributed by atoms with Crippen molar-refractivity contribution in [3.05, 3.63) is 69.4 Å². The van der Waals surface area contributed by atoms with Crippen molar-refractivity contribution < 1.29 is 14.3 Å². The van der Waals surface area contributed by atoms with Crippen molar-refractivity contribution in [2.45, 2.75) is 25.9 Å². The summed E-state index contributed by atoms with van der Waals surface area (Å²) in [7, 11) is 1.64. The second-order valence-electron chi connectivity index (χ2n) is 6.95. The normalized spacial score (nSPS) is 20.2. The molecule has 0 spiro atoms. The van der Waals surface area contributed by atoms with Gasteiger partial charge in [-0.05, 0) is 55.5 Å². The molecule has 0 radical (unpaired) electrons. The van der Waals surface area contributed by atoms with Crippen LogP contribution in [-0.2, 0) is 13.5 Å². The molecular weight excluding hydrogens is 335 g/mol.